The minimum Gasteiger partial charge on any atom is -0.370 e. The van der Waals surface area contributed by atoms with Crippen molar-refractivity contribution in [3.63, 3.8) is 0 Å². The molecular weight excluding hydrogens is 444 g/mol. The molecule has 0 saturated carbocycles. The zero-order valence-electron chi connectivity index (χ0n) is 18.4. The average Bonchev–Trinajstić information content (AvgIpc) is 2.85. The summed E-state index contributed by atoms with van der Waals surface area (Å²) in [6.45, 7) is 2.67. The van der Waals surface area contributed by atoms with Gasteiger partial charge in [-0.3, -0.25) is 14.9 Å². The van der Waals surface area contributed by atoms with Crippen LogP contribution >= 0.6 is 0 Å². The first-order valence-corrected chi connectivity index (χ1v) is 12.8. The van der Waals surface area contributed by atoms with Crippen LogP contribution in [0.15, 0.2) is 47.4 Å². The van der Waals surface area contributed by atoms with Gasteiger partial charge in [0, 0.05) is 43.9 Å². The Morgan fingerprint density at radius 3 is 2.09 bits per heavy atom. The molecule has 0 aliphatic carbocycles. The molecule has 2 heterocycles. The number of carbonyl (C=O) groups excluding carboxylic acids is 1. The lowest BCUT2D eigenvalue weighted by atomic mass is 10.1. The predicted molar refractivity (Wildman–Crippen MR) is 126 cm³/mol. The number of sulfonamides is 1. The Hall–Kier alpha value is -2.98. The Morgan fingerprint density at radius 1 is 0.879 bits per heavy atom. The number of anilines is 2. The maximum Gasteiger partial charge on any atom is 0.269 e. The molecule has 0 aromatic heterocycles. The summed E-state index contributed by atoms with van der Waals surface area (Å²) < 4.78 is 27.9. The summed E-state index contributed by atoms with van der Waals surface area (Å²) in [4.78, 5) is 25.6. The lowest BCUT2D eigenvalue weighted by Gasteiger charge is -2.31. The van der Waals surface area contributed by atoms with Gasteiger partial charge < -0.3 is 10.2 Å². The van der Waals surface area contributed by atoms with Crippen LogP contribution in [-0.4, -0.2) is 49.7 Å². The molecule has 0 atom stereocenters. The number of hydrogen-bond donors (Lipinski definition) is 1. The Morgan fingerprint density at radius 2 is 1.48 bits per heavy atom. The second kappa shape index (κ2) is 9.88. The van der Waals surface area contributed by atoms with Crippen molar-refractivity contribution < 1.29 is 18.1 Å². The molecule has 0 spiro atoms. The smallest absolute Gasteiger partial charge is 0.269 e. The number of amides is 1. The van der Waals surface area contributed by atoms with Crippen LogP contribution in [0.25, 0.3) is 0 Å². The molecule has 4 rings (SSSR count). The third-order valence-electron chi connectivity index (χ3n) is 6.21. The Labute approximate surface area is 193 Å². The van der Waals surface area contributed by atoms with Gasteiger partial charge >= 0.3 is 0 Å². The SMILES string of the molecule is O=C(Nc1cc(S(=O)(=O)N2CCCCC2)ccc1N1CCCCC1)c1ccc([N+](=O)[O-])cc1. The number of hydrogen-bond acceptors (Lipinski definition) is 6. The zero-order chi connectivity index (χ0) is 23.4. The van der Waals surface area contributed by atoms with Gasteiger partial charge in [-0.15, -0.1) is 0 Å². The lowest BCUT2D eigenvalue weighted by molar-refractivity contribution is -0.384. The van der Waals surface area contributed by atoms with Gasteiger partial charge in [-0.2, -0.15) is 4.31 Å². The van der Waals surface area contributed by atoms with Gasteiger partial charge in [0.1, 0.15) is 0 Å². The largest absolute Gasteiger partial charge is 0.370 e. The van der Waals surface area contributed by atoms with Crippen LogP contribution in [0.4, 0.5) is 17.1 Å². The number of piperidine rings is 2. The molecule has 2 aliphatic heterocycles. The minimum absolute atomic E-state index is 0.102. The Balaban J connectivity index is 1.66. The fraction of sp³-hybridized carbons (Fsp3) is 0.435. The van der Waals surface area contributed by atoms with E-state index in [0.29, 0.717) is 18.8 Å². The number of nitrogens with one attached hydrogen (secondary N) is 1. The van der Waals surface area contributed by atoms with Crippen molar-refractivity contribution in [3.8, 4) is 0 Å². The van der Waals surface area contributed by atoms with Crippen LogP contribution < -0.4 is 10.2 Å². The van der Waals surface area contributed by atoms with Gasteiger partial charge in [0.2, 0.25) is 10.0 Å². The number of carbonyl (C=O) groups is 1. The van der Waals surface area contributed by atoms with Gasteiger partial charge in [-0.05, 0) is 62.4 Å². The van der Waals surface area contributed by atoms with Crippen molar-refractivity contribution in [1.29, 1.82) is 0 Å². The van der Waals surface area contributed by atoms with Crippen LogP contribution in [-0.2, 0) is 10.0 Å². The third kappa shape index (κ3) is 5.17. The Bertz CT molecular complexity index is 1120. The van der Waals surface area contributed by atoms with E-state index in [-0.39, 0.29) is 16.1 Å². The van der Waals surface area contributed by atoms with Crippen molar-refractivity contribution in [3.05, 3.63) is 58.1 Å². The molecule has 2 fully saturated rings. The van der Waals surface area contributed by atoms with Crippen molar-refractivity contribution in [2.24, 2.45) is 0 Å². The monoisotopic (exact) mass is 472 g/mol. The van der Waals surface area contributed by atoms with Gasteiger partial charge in [0.15, 0.2) is 0 Å². The number of rotatable bonds is 6. The van der Waals surface area contributed by atoms with Gasteiger partial charge in [-0.1, -0.05) is 6.42 Å². The summed E-state index contributed by atoms with van der Waals surface area (Å²) in [6, 6.07) is 10.3. The van der Waals surface area contributed by atoms with Crippen molar-refractivity contribution in [2.45, 2.75) is 43.4 Å². The van der Waals surface area contributed by atoms with E-state index in [0.717, 1.165) is 57.3 Å². The van der Waals surface area contributed by atoms with E-state index in [1.54, 1.807) is 12.1 Å². The van der Waals surface area contributed by atoms with E-state index >= 15 is 0 Å². The highest BCUT2D eigenvalue weighted by Crippen LogP contribution is 2.33. The minimum atomic E-state index is -3.66. The molecule has 1 amide bonds. The number of nitro groups is 1. The molecular formula is C23H28N4O5S. The quantitative estimate of drug-likeness (QED) is 0.502. The predicted octanol–water partition coefficient (Wildman–Crippen LogP) is 4.01. The first-order valence-electron chi connectivity index (χ1n) is 11.3. The van der Waals surface area contributed by atoms with Crippen molar-refractivity contribution in [2.75, 3.05) is 36.4 Å². The summed E-state index contributed by atoms with van der Waals surface area (Å²) in [5.41, 5.74) is 1.37. The second-order valence-electron chi connectivity index (χ2n) is 8.45. The van der Waals surface area contributed by atoms with Crippen LogP contribution in [0.1, 0.15) is 48.9 Å². The van der Waals surface area contributed by atoms with E-state index in [2.05, 4.69) is 10.2 Å². The van der Waals surface area contributed by atoms with Gasteiger partial charge in [0.05, 0.1) is 21.2 Å². The first kappa shape index (κ1) is 23.2. The molecule has 0 radical (unpaired) electrons. The molecule has 2 aromatic rings. The molecule has 0 unspecified atom stereocenters. The molecule has 176 valence electrons. The van der Waals surface area contributed by atoms with Crippen LogP contribution in [0, 0.1) is 10.1 Å². The van der Waals surface area contributed by atoms with Gasteiger partial charge in [0.25, 0.3) is 11.6 Å². The molecule has 0 bridgehead atoms. The van der Waals surface area contributed by atoms with Crippen molar-refractivity contribution >= 4 is 33.0 Å². The highest BCUT2D eigenvalue weighted by molar-refractivity contribution is 7.89. The van der Waals surface area contributed by atoms with Crippen LogP contribution in [0.5, 0.6) is 0 Å². The summed E-state index contributed by atoms with van der Waals surface area (Å²) in [6.07, 6.45) is 5.91. The summed E-state index contributed by atoms with van der Waals surface area (Å²) in [5, 5.41) is 13.7. The number of non-ortho nitro benzene ring substituents is 1. The van der Waals surface area contributed by atoms with Crippen molar-refractivity contribution in [1.82, 2.24) is 4.31 Å². The summed E-state index contributed by atoms with van der Waals surface area (Å²) >= 11 is 0. The highest BCUT2D eigenvalue weighted by atomic mass is 32.2. The molecule has 2 saturated heterocycles. The van der Waals surface area contributed by atoms with Crippen LogP contribution in [0.2, 0.25) is 0 Å². The first-order chi connectivity index (χ1) is 15.9. The normalized spacial score (nSPS) is 17.5. The van der Waals surface area contributed by atoms with Gasteiger partial charge in [-0.25, -0.2) is 8.42 Å². The second-order valence-corrected chi connectivity index (χ2v) is 10.4. The Kier molecular flexibility index (Phi) is 6.94. The third-order valence-corrected chi connectivity index (χ3v) is 8.10. The molecule has 33 heavy (non-hydrogen) atoms. The maximum atomic E-state index is 13.2. The van der Waals surface area contributed by atoms with E-state index < -0.39 is 20.9 Å². The van der Waals surface area contributed by atoms with Crippen LogP contribution in [0.3, 0.4) is 0 Å². The summed E-state index contributed by atoms with van der Waals surface area (Å²) in [7, 11) is -3.66. The average molecular weight is 473 g/mol. The van der Waals surface area contributed by atoms with E-state index in [1.807, 2.05) is 0 Å². The molecule has 1 N–H and O–H groups in total. The van der Waals surface area contributed by atoms with E-state index in [1.165, 1.54) is 34.6 Å². The highest BCUT2D eigenvalue weighted by Gasteiger charge is 2.28. The lowest BCUT2D eigenvalue weighted by Crippen LogP contribution is -2.35. The molecule has 2 aliphatic rings. The fourth-order valence-electron chi connectivity index (χ4n) is 4.37. The van der Waals surface area contributed by atoms with E-state index in [9.17, 15) is 23.3 Å². The fourth-order valence-corrected chi connectivity index (χ4v) is 5.91. The molecule has 2 aromatic carbocycles. The van der Waals surface area contributed by atoms with E-state index in [4.69, 9.17) is 0 Å². The topological polar surface area (TPSA) is 113 Å². The number of nitro benzene ring substituents is 1. The maximum absolute atomic E-state index is 13.2. The summed E-state index contributed by atoms with van der Waals surface area (Å²) in [5.74, 6) is -0.448. The number of nitrogens with zero attached hydrogens (tertiary/aromatic N) is 3. The molecule has 10 heteroatoms. The number of benzene rings is 2. The molecule has 9 nitrogen and oxygen atoms in total. The standard InChI is InChI=1S/C23H28N4O5S/c28-23(18-7-9-19(10-8-18)27(29)30)24-21-17-20(33(31,32)26-15-5-2-6-16-26)11-12-22(21)25-13-3-1-4-14-25/h7-12,17H,1-6,13-16H2,(H,24,28). The zero-order valence-corrected chi connectivity index (χ0v) is 19.2.